The molecular formula is C23H34N4O2. The molecule has 0 fully saturated rings. The van der Waals surface area contributed by atoms with Crippen molar-refractivity contribution in [3.63, 3.8) is 0 Å². The first-order chi connectivity index (χ1) is 14.0. The van der Waals surface area contributed by atoms with Crippen LogP contribution in [0.4, 0.5) is 5.69 Å². The number of ether oxygens (including phenoxy) is 2. The highest BCUT2D eigenvalue weighted by Crippen LogP contribution is 2.26. The monoisotopic (exact) mass is 398 g/mol. The van der Waals surface area contributed by atoms with E-state index in [0.717, 1.165) is 40.5 Å². The Bertz CT molecular complexity index is 853. The first kappa shape index (κ1) is 23.8. The highest BCUT2D eigenvalue weighted by Gasteiger charge is 2.11. The maximum Gasteiger partial charge on any atom is 0.257 e. The fourth-order valence-electron chi connectivity index (χ4n) is 2.48. The minimum absolute atomic E-state index is 0. The van der Waals surface area contributed by atoms with Crippen LogP contribution in [0.15, 0.2) is 50.2 Å². The maximum atomic E-state index is 5.25. The van der Waals surface area contributed by atoms with Gasteiger partial charge in [0.05, 0.1) is 44.0 Å². The van der Waals surface area contributed by atoms with Gasteiger partial charge < -0.3 is 20.1 Å². The van der Waals surface area contributed by atoms with E-state index in [9.17, 15) is 0 Å². The van der Waals surface area contributed by atoms with Crippen molar-refractivity contribution in [2.45, 2.75) is 27.3 Å². The Morgan fingerprint density at radius 1 is 1.21 bits per heavy atom. The molecule has 0 spiro atoms. The van der Waals surface area contributed by atoms with Crippen molar-refractivity contribution in [1.82, 2.24) is 15.3 Å². The van der Waals surface area contributed by atoms with Crippen LogP contribution in [-0.2, 0) is 6.54 Å². The number of hydrogen-bond donors (Lipinski definition) is 2. The Kier molecular flexibility index (Phi) is 10.0. The third-order valence-electron chi connectivity index (χ3n) is 3.95. The normalized spacial score (nSPS) is 9.55. The number of methoxy groups -OCH3 is 2. The summed E-state index contributed by atoms with van der Waals surface area (Å²) < 4.78 is 10.5. The van der Waals surface area contributed by atoms with Gasteiger partial charge >= 0.3 is 0 Å². The van der Waals surface area contributed by atoms with Gasteiger partial charge in [0.1, 0.15) is 0 Å². The molecule has 158 valence electrons. The van der Waals surface area contributed by atoms with E-state index in [4.69, 9.17) is 9.47 Å². The number of allylic oxidation sites excluding steroid dienone is 2. The molecule has 0 aliphatic heterocycles. The Morgan fingerprint density at radius 2 is 1.93 bits per heavy atom. The zero-order chi connectivity index (χ0) is 21.8. The number of nitrogens with zero attached hydrogens (tertiary/aromatic N) is 2. The lowest BCUT2D eigenvalue weighted by molar-refractivity contribution is 0.341. The van der Waals surface area contributed by atoms with Crippen LogP contribution >= 0.6 is 0 Å². The van der Waals surface area contributed by atoms with Gasteiger partial charge in [-0.3, -0.25) is 4.98 Å². The summed E-state index contributed by atoms with van der Waals surface area (Å²) in [5, 5.41) is 6.61. The second-order valence-electron chi connectivity index (χ2n) is 5.72. The molecule has 0 saturated heterocycles. The van der Waals surface area contributed by atoms with E-state index in [-0.39, 0.29) is 1.43 Å². The maximum absolute atomic E-state index is 5.25. The molecule has 0 aliphatic carbocycles. The summed E-state index contributed by atoms with van der Waals surface area (Å²) in [6, 6.07) is 5.65. The fourth-order valence-corrected chi connectivity index (χ4v) is 2.48. The van der Waals surface area contributed by atoms with E-state index in [1.54, 1.807) is 26.5 Å². The van der Waals surface area contributed by atoms with Crippen molar-refractivity contribution in [3.05, 3.63) is 67.2 Å². The van der Waals surface area contributed by atoms with Gasteiger partial charge in [0, 0.05) is 19.2 Å². The average molecular weight is 399 g/mol. The minimum Gasteiger partial charge on any atom is -0.491 e. The zero-order valence-electron chi connectivity index (χ0n) is 18.1. The molecule has 0 radical (unpaired) electrons. The third kappa shape index (κ3) is 6.38. The average Bonchev–Trinajstić information content (AvgIpc) is 2.78. The van der Waals surface area contributed by atoms with E-state index in [0.29, 0.717) is 18.2 Å². The number of hydrogen-bond acceptors (Lipinski definition) is 6. The third-order valence-corrected chi connectivity index (χ3v) is 3.95. The second-order valence-corrected chi connectivity index (χ2v) is 5.72. The molecule has 0 unspecified atom stereocenters. The van der Waals surface area contributed by atoms with E-state index < -0.39 is 0 Å². The van der Waals surface area contributed by atoms with Crippen LogP contribution in [0.5, 0.6) is 11.6 Å². The second kappa shape index (κ2) is 12.2. The summed E-state index contributed by atoms with van der Waals surface area (Å²) in [6.07, 6.45) is 3.47. The lowest BCUT2D eigenvalue weighted by Gasteiger charge is -2.16. The van der Waals surface area contributed by atoms with E-state index in [2.05, 4.69) is 40.3 Å². The molecule has 29 heavy (non-hydrogen) atoms. The SMILES string of the molecule is C=CC(=C)c1cc(C(=C)NCc2ccc(OC)c(OC)n2)c(NCC)cn1.CC.[HH]. The highest BCUT2D eigenvalue weighted by atomic mass is 16.5. The van der Waals surface area contributed by atoms with Crippen LogP contribution in [0.3, 0.4) is 0 Å². The number of nitrogens with one attached hydrogen (secondary N) is 2. The molecular weight excluding hydrogens is 364 g/mol. The number of anilines is 1. The molecule has 2 heterocycles. The van der Waals surface area contributed by atoms with Gasteiger partial charge in [-0.1, -0.05) is 39.7 Å². The van der Waals surface area contributed by atoms with Gasteiger partial charge in [-0.25, -0.2) is 4.98 Å². The molecule has 2 aromatic rings. The van der Waals surface area contributed by atoms with Crippen LogP contribution in [0.1, 0.15) is 39.1 Å². The topological polar surface area (TPSA) is 68.3 Å². The summed E-state index contributed by atoms with van der Waals surface area (Å²) in [7, 11) is 3.15. The van der Waals surface area contributed by atoms with E-state index in [1.807, 2.05) is 39.0 Å². The lowest BCUT2D eigenvalue weighted by atomic mass is 10.1. The zero-order valence-corrected chi connectivity index (χ0v) is 18.1. The molecule has 6 nitrogen and oxygen atoms in total. The molecule has 0 atom stereocenters. The summed E-state index contributed by atoms with van der Waals surface area (Å²) in [6.45, 7) is 19.2. The van der Waals surface area contributed by atoms with Gasteiger partial charge in [-0.15, -0.1) is 0 Å². The number of pyridine rings is 2. The summed E-state index contributed by atoms with van der Waals surface area (Å²) in [4.78, 5) is 8.87. The van der Waals surface area contributed by atoms with Gasteiger partial charge in [0.15, 0.2) is 5.75 Å². The standard InChI is InChI=1S/C21H26N4O2.C2H6.H2/c1-7-14(3)18-11-17(19(13-24-18)22-8-2)15(4)23-12-16-9-10-20(26-5)21(25-16)27-6;1-2;/h7,9-11,13,22-23H,1,3-4,8,12H2,2,5-6H3;1-2H3;1H. The molecule has 2 aromatic heterocycles. The Labute approximate surface area is 175 Å². The van der Waals surface area contributed by atoms with Crippen molar-refractivity contribution in [1.29, 1.82) is 0 Å². The first-order valence-electron chi connectivity index (χ1n) is 9.60. The van der Waals surface area contributed by atoms with Crippen LogP contribution in [0, 0.1) is 0 Å². The predicted octanol–water partition coefficient (Wildman–Crippen LogP) is 5.16. The Hall–Kier alpha value is -3.28. The molecule has 0 bridgehead atoms. The van der Waals surface area contributed by atoms with Crippen molar-refractivity contribution in [3.8, 4) is 11.6 Å². The number of rotatable bonds is 10. The smallest absolute Gasteiger partial charge is 0.257 e. The van der Waals surface area contributed by atoms with Gasteiger partial charge in [0.2, 0.25) is 0 Å². The van der Waals surface area contributed by atoms with Crippen LogP contribution in [0.2, 0.25) is 0 Å². The van der Waals surface area contributed by atoms with Crippen molar-refractivity contribution in [2.24, 2.45) is 0 Å². The minimum atomic E-state index is 0. The van der Waals surface area contributed by atoms with Crippen LogP contribution in [0.25, 0.3) is 11.3 Å². The van der Waals surface area contributed by atoms with Crippen molar-refractivity contribution < 1.29 is 10.9 Å². The predicted molar refractivity (Wildman–Crippen MR) is 124 cm³/mol. The van der Waals surface area contributed by atoms with E-state index >= 15 is 0 Å². The largest absolute Gasteiger partial charge is 0.491 e. The Balaban J connectivity index is 0.00000272. The van der Waals surface area contributed by atoms with Gasteiger partial charge in [-0.2, -0.15) is 0 Å². The molecule has 2 N–H and O–H groups in total. The molecule has 0 aromatic carbocycles. The fraction of sp³-hybridized carbons (Fsp3) is 0.304. The van der Waals surface area contributed by atoms with E-state index in [1.165, 1.54) is 0 Å². The van der Waals surface area contributed by atoms with Crippen LogP contribution in [-0.4, -0.2) is 30.7 Å². The van der Waals surface area contributed by atoms with Crippen molar-refractivity contribution in [2.75, 3.05) is 26.1 Å². The quantitative estimate of drug-likeness (QED) is 0.539. The summed E-state index contributed by atoms with van der Waals surface area (Å²) >= 11 is 0. The number of aromatic nitrogens is 2. The molecule has 0 aliphatic rings. The molecule has 0 saturated carbocycles. The van der Waals surface area contributed by atoms with Crippen molar-refractivity contribution >= 4 is 17.0 Å². The molecule has 2 rings (SSSR count). The highest BCUT2D eigenvalue weighted by molar-refractivity contribution is 5.78. The molecule has 6 heteroatoms. The summed E-state index contributed by atoms with van der Waals surface area (Å²) in [5.74, 6) is 1.04. The Morgan fingerprint density at radius 3 is 2.52 bits per heavy atom. The molecule has 0 amide bonds. The summed E-state index contributed by atoms with van der Waals surface area (Å²) in [5.41, 5.74) is 4.90. The van der Waals surface area contributed by atoms with Crippen LogP contribution < -0.4 is 20.1 Å². The lowest BCUT2D eigenvalue weighted by Crippen LogP contribution is -2.14. The van der Waals surface area contributed by atoms with Gasteiger partial charge in [0.25, 0.3) is 5.88 Å². The van der Waals surface area contributed by atoms with Gasteiger partial charge in [-0.05, 0) is 30.7 Å². The first-order valence-corrected chi connectivity index (χ1v) is 9.60.